The first-order valence-electron chi connectivity index (χ1n) is 9.08. The number of H-pyrrole nitrogens is 1. The minimum Gasteiger partial charge on any atom is -0.303 e. The summed E-state index contributed by atoms with van der Waals surface area (Å²) in [6, 6.07) is 6.12. The molecule has 0 atom stereocenters. The van der Waals surface area contributed by atoms with Crippen LogP contribution in [0.4, 0.5) is 11.6 Å². The molecule has 0 unspecified atom stereocenters. The Morgan fingerprint density at radius 3 is 2.83 bits per heavy atom. The van der Waals surface area contributed by atoms with Crippen LogP contribution in [0.2, 0.25) is 0 Å². The van der Waals surface area contributed by atoms with Crippen molar-refractivity contribution in [3.8, 4) is 0 Å². The number of nitro benzene ring substituents is 1. The Morgan fingerprint density at radius 2 is 2.14 bits per heavy atom. The second-order valence-corrected chi connectivity index (χ2v) is 6.55. The molecule has 1 aromatic carbocycles. The first kappa shape index (κ1) is 20.0. The van der Waals surface area contributed by atoms with E-state index in [0.717, 1.165) is 12.8 Å². The number of hydrogen-bond acceptors (Lipinski definition) is 7. The predicted molar refractivity (Wildman–Crippen MR) is 109 cm³/mol. The number of rotatable bonds is 7. The van der Waals surface area contributed by atoms with Crippen LogP contribution < -0.4 is 16.7 Å². The molecule has 0 saturated carbocycles. The number of nitrogens with one attached hydrogen (secondary N) is 2. The van der Waals surface area contributed by atoms with Crippen LogP contribution in [0.15, 0.2) is 39.0 Å². The van der Waals surface area contributed by atoms with Crippen LogP contribution >= 0.6 is 0 Å². The molecule has 0 aliphatic heterocycles. The summed E-state index contributed by atoms with van der Waals surface area (Å²) in [5.41, 5.74) is 3.35. The quantitative estimate of drug-likeness (QED) is 0.353. The van der Waals surface area contributed by atoms with Crippen molar-refractivity contribution in [3.63, 3.8) is 0 Å². The Bertz CT molecular complexity index is 1220. The van der Waals surface area contributed by atoms with Crippen molar-refractivity contribution in [1.29, 1.82) is 0 Å². The SMILES string of the molecule is CCCCn1c(N/N=C(/C)c2cccc([N+](=O)[O-])c2)nc2c1c(=O)[nH]c(=O)n2C. The van der Waals surface area contributed by atoms with Gasteiger partial charge in [0.2, 0.25) is 5.95 Å². The Hall–Kier alpha value is -3.76. The molecule has 2 aromatic heterocycles. The number of aryl methyl sites for hydroxylation is 2. The van der Waals surface area contributed by atoms with Crippen LogP contribution in [-0.4, -0.2) is 29.7 Å². The lowest BCUT2D eigenvalue weighted by Crippen LogP contribution is -2.29. The average molecular weight is 399 g/mol. The minimum atomic E-state index is -0.550. The molecule has 0 spiro atoms. The van der Waals surface area contributed by atoms with Gasteiger partial charge in [0.15, 0.2) is 11.2 Å². The zero-order chi connectivity index (χ0) is 21.1. The van der Waals surface area contributed by atoms with Gasteiger partial charge in [0.05, 0.1) is 10.6 Å². The fourth-order valence-corrected chi connectivity index (χ4v) is 2.90. The molecule has 11 heteroatoms. The molecule has 0 bridgehead atoms. The van der Waals surface area contributed by atoms with Gasteiger partial charge in [-0.05, 0) is 13.3 Å². The number of aromatic nitrogens is 4. The van der Waals surface area contributed by atoms with E-state index in [4.69, 9.17) is 0 Å². The lowest BCUT2D eigenvalue weighted by molar-refractivity contribution is -0.384. The van der Waals surface area contributed by atoms with Crippen LogP contribution in [-0.2, 0) is 13.6 Å². The van der Waals surface area contributed by atoms with E-state index in [-0.39, 0.29) is 16.9 Å². The van der Waals surface area contributed by atoms with Crippen molar-refractivity contribution in [3.05, 3.63) is 60.8 Å². The highest BCUT2D eigenvalue weighted by Gasteiger charge is 2.17. The highest BCUT2D eigenvalue weighted by Crippen LogP contribution is 2.18. The largest absolute Gasteiger partial charge is 0.329 e. The standard InChI is InChI=1S/C18H21N7O4/c1-4-5-9-24-14-15(23(3)18(27)20-16(14)26)19-17(24)22-21-11(2)12-7-6-8-13(10-12)25(28)29/h6-8,10H,4-5,9H2,1-3H3,(H,19,22)(H,20,26,27)/b21-11-. The second-order valence-electron chi connectivity index (χ2n) is 6.55. The molecule has 152 valence electrons. The summed E-state index contributed by atoms with van der Waals surface area (Å²) in [6.07, 6.45) is 1.70. The Balaban J connectivity index is 2.04. The van der Waals surface area contributed by atoms with Gasteiger partial charge >= 0.3 is 5.69 Å². The van der Waals surface area contributed by atoms with E-state index in [0.29, 0.717) is 23.8 Å². The third-order valence-electron chi connectivity index (χ3n) is 4.54. The van der Waals surface area contributed by atoms with E-state index in [1.54, 1.807) is 23.6 Å². The zero-order valence-electron chi connectivity index (χ0n) is 16.3. The molecule has 0 saturated heterocycles. The molecule has 0 aliphatic rings. The molecular formula is C18H21N7O4. The van der Waals surface area contributed by atoms with Gasteiger partial charge in [0.25, 0.3) is 11.2 Å². The van der Waals surface area contributed by atoms with E-state index < -0.39 is 16.2 Å². The maximum absolute atomic E-state index is 12.4. The first-order chi connectivity index (χ1) is 13.8. The van der Waals surface area contributed by atoms with Crippen molar-refractivity contribution in [2.24, 2.45) is 12.1 Å². The molecule has 0 amide bonds. The van der Waals surface area contributed by atoms with Gasteiger partial charge in [-0.15, -0.1) is 0 Å². The minimum absolute atomic E-state index is 0.0335. The summed E-state index contributed by atoms with van der Waals surface area (Å²) in [5, 5.41) is 15.2. The maximum atomic E-state index is 12.4. The van der Waals surface area contributed by atoms with Crippen molar-refractivity contribution in [2.75, 3.05) is 5.43 Å². The lowest BCUT2D eigenvalue weighted by Gasteiger charge is -2.08. The number of nitro groups is 1. The molecule has 0 aliphatic carbocycles. The normalized spacial score (nSPS) is 11.8. The number of hydrogen-bond donors (Lipinski definition) is 2. The number of benzene rings is 1. The molecule has 2 heterocycles. The number of hydrazone groups is 1. The van der Waals surface area contributed by atoms with Crippen LogP contribution in [0.1, 0.15) is 32.3 Å². The van der Waals surface area contributed by atoms with Gasteiger partial charge in [0.1, 0.15) is 0 Å². The number of aromatic amines is 1. The van der Waals surface area contributed by atoms with Crippen molar-refractivity contribution >= 4 is 28.5 Å². The highest BCUT2D eigenvalue weighted by atomic mass is 16.6. The van der Waals surface area contributed by atoms with Crippen LogP contribution in [0.5, 0.6) is 0 Å². The molecule has 0 fully saturated rings. The number of unbranched alkanes of at least 4 members (excludes halogenated alkanes) is 1. The fraction of sp³-hybridized carbons (Fsp3) is 0.333. The second kappa shape index (κ2) is 8.09. The van der Waals surface area contributed by atoms with Crippen LogP contribution in [0, 0.1) is 10.1 Å². The summed E-state index contributed by atoms with van der Waals surface area (Å²) in [4.78, 5) is 41.4. The van der Waals surface area contributed by atoms with Crippen LogP contribution in [0.25, 0.3) is 11.2 Å². The third kappa shape index (κ3) is 3.93. The molecule has 11 nitrogen and oxygen atoms in total. The summed E-state index contributed by atoms with van der Waals surface area (Å²) < 4.78 is 2.95. The van der Waals surface area contributed by atoms with Crippen molar-refractivity contribution < 1.29 is 4.92 Å². The van der Waals surface area contributed by atoms with E-state index >= 15 is 0 Å². The maximum Gasteiger partial charge on any atom is 0.329 e. The topological polar surface area (TPSA) is 140 Å². The smallest absolute Gasteiger partial charge is 0.303 e. The van der Waals surface area contributed by atoms with Gasteiger partial charge in [-0.2, -0.15) is 10.1 Å². The zero-order valence-corrected chi connectivity index (χ0v) is 16.3. The van der Waals surface area contributed by atoms with Gasteiger partial charge in [-0.25, -0.2) is 10.2 Å². The van der Waals surface area contributed by atoms with E-state index in [1.165, 1.54) is 23.7 Å². The van der Waals surface area contributed by atoms with Crippen molar-refractivity contribution in [1.82, 2.24) is 19.1 Å². The molecule has 0 radical (unpaired) electrons. The van der Waals surface area contributed by atoms with E-state index in [1.807, 2.05) is 6.92 Å². The molecule has 29 heavy (non-hydrogen) atoms. The number of fused-ring (bicyclic) bond motifs is 1. The van der Waals surface area contributed by atoms with Gasteiger partial charge < -0.3 is 4.57 Å². The number of non-ortho nitro benzene ring substituents is 1. The average Bonchev–Trinajstić information content (AvgIpc) is 3.07. The Labute approximate surface area is 164 Å². The summed E-state index contributed by atoms with van der Waals surface area (Å²) in [6.45, 7) is 4.24. The molecule has 3 aromatic rings. The fourth-order valence-electron chi connectivity index (χ4n) is 2.90. The Morgan fingerprint density at radius 1 is 1.38 bits per heavy atom. The number of nitrogens with zero attached hydrogens (tertiary/aromatic N) is 5. The molecule has 2 N–H and O–H groups in total. The molecular weight excluding hydrogens is 378 g/mol. The van der Waals surface area contributed by atoms with Gasteiger partial charge in [-0.3, -0.25) is 24.5 Å². The first-order valence-corrected chi connectivity index (χ1v) is 9.08. The summed E-state index contributed by atoms with van der Waals surface area (Å²) >= 11 is 0. The van der Waals surface area contributed by atoms with Crippen LogP contribution in [0.3, 0.4) is 0 Å². The predicted octanol–water partition coefficient (Wildman–Crippen LogP) is 1.97. The highest BCUT2D eigenvalue weighted by molar-refractivity contribution is 5.99. The number of anilines is 1. The van der Waals surface area contributed by atoms with E-state index in [9.17, 15) is 19.7 Å². The Kier molecular flexibility index (Phi) is 5.57. The summed E-state index contributed by atoms with van der Waals surface area (Å²) in [7, 11) is 1.53. The van der Waals surface area contributed by atoms with Crippen molar-refractivity contribution in [2.45, 2.75) is 33.2 Å². The lowest BCUT2D eigenvalue weighted by atomic mass is 10.1. The van der Waals surface area contributed by atoms with Gasteiger partial charge in [0, 0.05) is 31.3 Å². The third-order valence-corrected chi connectivity index (χ3v) is 4.54. The monoisotopic (exact) mass is 399 g/mol. The summed E-state index contributed by atoms with van der Waals surface area (Å²) in [5.74, 6) is 0.310. The van der Waals surface area contributed by atoms with E-state index in [2.05, 4.69) is 20.5 Å². The number of imidazole rings is 1. The molecule has 3 rings (SSSR count). The van der Waals surface area contributed by atoms with Gasteiger partial charge in [-0.1, -0.05) is 25.5 Å².